The van der Waals surface area contributed by atoms with E-state index in [2.05, 4.69) is 15.6 Å². The topological polar surface area (TPSA) is 72.5 Å². The number of aromatic nitrogens is 1. The molecule has 0 bridgehead atoms. The first-order chi connectivity index (χ1) is 12.7. The average molecular weight is 369 g/mol. The van der Waals surface area contributed by atoms with E-state index in [0.717, 1.165) is 16.8 Å². The van der Waals surface area contributed by atoms with Gasteiger partial charge in [-0.2, -0.15) is 0 Å². The number of thiazole rings is 1. The number of hydrogen-bond acceptors (Lipinski definition) is 5. The number of methoxy groups -OCH3 is 2. The average Bonchev–Trinajstić information content (AvgIpc) is 3.15. The fourth-order valence-electron chi connectivity index (χ4n) is 2.41. The van der Waals surface area contributed by atoms with E-state index in [1.54, 1.807) is 20.3 Å². The minimum absolute atomic E-state index is 0.309. The summed E-state index contributed by atoms with van der Waals surface area (Å²) in [5.41, 5.74) is 2.67. The van der Waals surface area contributed by atoms with Gasteiger partial charge in [-0.1, -0.05) is 30.3 Å². The molecule has 0 atom stereocenters. The lowest BCUT2D eigenvalue weighted by molar-refractivity contribution is 0.251. The first kappa shape index (κ1) is 17.8. The first-order valence-electron chi connectivity index (χ1n) is 7.96. The van der Waals surface area contributed by atoms with Gasteiger partial charge in [0.05, 0.1) is 19.9 Å². The van der Waals surface area contributed by atoms with E-state index in [-0.39, 0.29) is 6.03 Å². The van der Waals surface area contributed by atoms with Gasteiger partial charge in [-0.15, -0.1) is 11.3 Å². The highest BCUT2D eigenvalue weighted by atomic mass is 32.1. The minimum atomic E-state index is -0.330. The maximum absolute atomic E-state index is 12.2. The molecule has 0 saturated heterocycles. The number of urea groups is 1. The molecular weight excluding hydrogens is 350 g/mol. The fraction of sp³-hybridized carbons (Fsp3) is 0.158. The van der Waals surface area contributed by atoms with Crippen molar-refractivity contribution in [3.63, 3.8) is 0 Å². The Kier molecular flexibility index (Phi) is 5.70. The van der Waals surface area contributed by atoms with Crippen molar-refractivity contribution < 1.29 is 14.3 Å². The molecule has 2 aromatic carbocycles. The summed E-state index contributed by atoms with van der Waals surface area (Å²) in [6.07, 6.45) is 0. The number of carbonyl (C=O) groups excluding carboxylic acids is 1. The monoisotopic (exact) mass is 369 g/mol. The summed E-state index contributed by atoms with van der Waals surface area (Å²) < 4.78 is 10.5. The second kappa shape index (κ2) is 8.35. The molecule has 0 aliphatic carbocycles. The number of amides is 2. The molecule has 0 aliphatic rings. The third kappa shape index (κ3) is 4.31. The first-order valence-corrected chi connectivity index (χ1v) is 8.84. The van der Waals surface area contributed by atoms with Crippen molar-refractivity contribution in [1.29, 1.82) is 0 Å². The normalized spacial score (nSPS) is 10.2. The highest BCUT2D eigenvalue weighted by Gasteiger charge is 2.10. The van der Waals surface area contributed by atoms with Gasteiger partial charge in [0.25, 0.3) is 0 Å². The quantitative estimate of drug-likeness (QED) is 0.685. The molecule has 0 fully saturated rings. The van der Waals surface area contributed by atoms with Crippen LogP contribution in [0.5, 0.6) is 11.5 Å². The maximum atomic E-state index is 12.2. The Morgan fingerprint density at radius 3 is 2.65 bits per heavy atom. The largest absolute Gasteiger partial charge is 0.497 e. The summed E-state index contributed by atoms with van der Waals surface area (Å²) in [5.74, 6) is 1.39. The smallest absolute Gasteiger partial charge is 0.321 e. The van der Waals surface area contributed by atoms with Gasteiger partial charge in [0.15, 0.2) is 5.13 Å². The zero-order chi connectivity index (χ0) is 18.4. The molecule has 0 saturated carbocycles. The highest BCUT2D eigenvalue weighted by molar-refractivity contribution is 7.14. The minimum Gasteiger partial charge on any atom is -0.497 e. The highest BCUT2D eigenvalue weighted by Crippen LogP contribution is 2.25. The Bertz CT molecular complexity index is 881. The zero-order valence-electron chi connectivity index (χ0n) is 14.5. The van der Waals surface area contributed by atoms with Crippen LogP contribution in [0.3, 0.4) is 0 Å². The van der Waals surface area contributed by atoms with Gasteiger partial charge in [-0.05, 0) is 18.2 Å². The molecule has 1 heterocycles. The molecule has 0 radical (unpaired) electrons. The number of rotatable bonds is 6. The van der Waals surface area contributed by atoms with Gasteiger partial charge in [0.1, 0.15) is 11.5 Å². The third-order valence-corrected chi connectivity index (χ3v) is 4.48. The van der Waals surface area contributed by atoms with Crippen molar-refractivity contribution in [2.24, 2.45) is 0 Å². The van der Waals surface area contributed by atoms with Crippen molar-refractivity contribution in [1.82, 2.24) is 10.3 Å². The molecule has 1 aromatic heterocycles. The number of benzene rings is 2. The number of nitrogens with one attached hydrogen (secondary N) is 2. The van der Waals surface area contributed by atoms with Crippen LogP contribution in [0.1, 0.15) is 5.56 Å². The molecule has 6 nitrogen and oxygen atoms in total. The second-order valence-electron chi connectivity index (χ2n) is 5.39. The van der Waals surface area contributed by atoms with Crippen molar-refractivity contribution in [2.75, 3.05) is 19.5 Å². The van der Waals surface area contributed by atoms with Crippen LogP contribution in [-0.4, -0.2) is 25.2 Å². The lowest BCUT2D eigenvalue weighted by Gasteiger charge is -2.11. The summed E-state index contributed by atoms with van der Waals surface area (Å²) in [6, 6.07) is 14.9. The van der Waals surface area contributed by atoms with Gasteiger partial charge in [-0.25, -0.2) is 9.78 Å². The molecular formula is C19H19N3O3S. The summed E-state index contributed by atoms with van der Waals surface area (Å²) >= 11 is 1.38. The predicted octanol–water partition coefficient (Wildman–Crippen LogP) is 4.15. The van der Waals surface area contributed by atoms with Crippen LogP contribution in [-0.2, 0) is 6.54 Å². The molecule has 2 N–H and O–H groups in total. The molecule has 3 rings (SSSR count). The number of ether oxygens (including phenoxy) is 2. The lowest BCUT2D eigenvalue weighted by Crippen LogP contribution is -2.28. The van der Waals surface area contributed by atoms with Crippen LogP contribution in [0.25, 0.3) is 11.3 Å². The molecule has 0 unspecified atom stereocenters. The molecule has 134 valence electrons. The van der Waals surface area contributed by atoms with Crippen molar-refractivity contribution >= 4 is 22.5 Å². The lowest BCUT2D eigenvalue weighted by atomic mass is 10.2. The van der Waals surface area contributed by atoms with E-state index in [0.29, 0.717) is 23.2 Å². The zero-order valence-corrected chi connectivity index (χ0v) is 15.3. The SMILES string of the molecule is COc1ccc(OC)c(CNC(=O)Nc2nc(-c3ccccc3)cs2)c1. The third-order valence-electron chi connectivity index (χ3n) is 3.72. The van der Waals surface area contributed by atoms with Crippen LogP contribution < -0.4 is 20.1 Å². The van der Waals surface area contributed by atoms with E-state index in [4.69, 9.17) is 9.47 Å². The van der Waals surface area contributed by atoms with Gasteiger partial charge in [0, 0.05) is 23.1 Å². The van der Waals surface area contributed by atoms with Gasteiger partial charge >= 0.3 is 6.03 Å². The summed E-state index contributed by atoms with van der Waals surface area (Å²) in [7, 11) is 3.19. The van der Waals surface area contributed by atoms with E-state index in [1.165, 1.54) is 11.3 Å². The molecule has 26 heavy (non-hydrogen) atoms. The summed E-state index contributed by atoms with van der Waals surface area (Å²) in [4.78, 5) is 16.6. The van der Waals surface area contributed by atoms with E-state index >= 15 is 0 Å². The Balaban J connectivity index is 1.61. The Labute approximate surface area is 155 Å². The Morgan fingerprint density at radius 1 is 1.12 bits per heavy atom. The fourth-order valence-corrected chi connectivity index (χ4v) is 3.12. The number of anilines is 1. The van der Waals surface area contributed by atoms with Gasteiger partial charge in [-0.3, -0.25) is 5.32 Å². The van der Waals surface area contributed by atoms with Crippen LogP contribution >= 0.6 is 11.3 Å². The maximum Gasteiger partial charge on any atom is 0.321 e. The van der Waals surface area contributed by atoms with Crippen LogP contribution in [0.2, 0.25) is 0 Å². The van der Waals surface area contributed by atoms with Crippen molar-refractivity contribution in [3.05, 3.63) is 59.5 Å². The van der Waals surface area contributed by atoms with Crippen LogP contribution in [0, 0.1) is 0 Å². The second-order valence-corrected chi connectivity index (χ2v) is 6.25. The van der Waals surface area contributed by atoms with Crippen LogP contribution in [0.4, 0.5) is 9.93 Å². The molecule has 7 heteroatoms. The number of carbonyl (C=O) groups is 1. The standard InChI is InChI=1S/C19H19N3O3S/c1-24-15-8-9-17(25-2)14(10-15)11-20-18(23)22-19-21-16(12-26-19)13-6-4-3-5-7-13/h3-10,12H,11H2,1-2H3,(H2,20,21,22,23). The molecule has 2 amide bonds. The molecule has 0 aliphatic heterocycles. The summed E-state index contributed by atoms with van der Waals surface area (Å²) in [5, 5.41) is 8.01. The molecule has 3 aromatic rings. The van der Waals surface area contributed by atoms with Gasteiger partial charge < -0.3 is 14.8 Å². The van der Waals surface area contributed by atoms with E-state index in [1.807, 2.05) is 47.8 Å². The number of nitrogens with zero attached hydrogens (tertiary/aromatic N) is 1. The van der Waals surface area contributed by atoms with E-state index in [9.17, 15) is 4.79 Å². The van der Waals surface area contributed by atoms with Crippen molar-refractivity contribution in [2.45, 2.75) is 6.54 Å². The summed E-state index contributed by atoms with van der Waals surface area (Å²) in [6.45, 7) is 0.309. The predicted molar refractivity (Wildman–Crippen MR) is 103 cm³/mol. The van der Waals surface area contributed by atoms with E-state index < -0.39 is 0 Å². The van der Waals surface area contributed by atoms with Crippen LogP contribution in [0.15, 0.2) is 53.9 Å². The Morgan fingerprint density at radius 2 is 1.92 bits per heavy atom. The number of hydrogen-bond donors (Lipinski definition) is 2. The van der Waals surface area contributed by atoms with Gasteiger partial charge in [0.2, 0.25) is 0 Å². The Hall–Kier alpha value is -3.06. The van der Waals surface area contributed by atoms with Crippen molar-refractivity contribution in [3.8, 4) is 22.8 Å². The molecule has 0 spiro atoms.